The van der Waals surface area contributed by atoms with Gasteiger partial charge in [-0.05, 0) is 12.8 Å². The number of rotatable bonds is 7. The zero-order valence-corrected chi connectivity index (χ0v) is 12.8. The Morgan fingerprint density at radius 2 is 2.10 bits per heavy atom. The van der Waals surface area contributed by atoms with Crippen molar-refractivity contribution in [2.24, 2.45) is 13.0 Å². The number of aromatic nitrogens is 2. The molecular formula is C11H20N4O4S. The molecule has 8 nitrogen and oxygen atoms in total. The molecule has 0 fully saturated rings. The second-order valence-electron chi connectivity index (χ2n) is 4.86. The van der Waals surface area contributed by atoms with Gasteiger partial charge >= 0.3 is 0 Å². The molecule has 0 aliphatic carbocycles. The second kappa shape index (κ2) is 6.82. The number of amides is 1. The van der Waals surface area contributed by atoms with Crippen LogP contribution in [-0.2, 0) is 26.7 Å². The molecule has 0 aromatic carbocycles. The van der Waals surface area contributed by atoms with E-state index in [0.717, 1.165) is 0 Å². The topological polar surface area (TPSA) is 102 Å². The molecule has 114 valence electrons. The van der Waals surface area contributed by atoms with Crippen LogP contribution in [0.25, 0.3) is 0 Å². The molecule has 1 aromatic heterocycles. The molecule has 9 heteroatoms. The van der Waals surface area contributed by atoms with Crippen LogP contribution in [-0.4, -0.2) is 36.8 Å². The summed E-state index contributed by atoms with van der Waals surface area (Å²) < 4.78 is 27.5. The lowest BCUT2D eigenvalue weighted by Gasteiger charge is -2.14. The van der Waals surface area contributed by atoms with Crippen molar-refractivity contribution < 1.29 is 18.0 Å². The normalized spacial score (nSPS) is 13.4. The predicted octanol–water partition coefficient (Wildman–Crippen LogP) is -0.209. The molecule has 1 heterocycles. The summed E-state index contributed by atoms with van der Waals surface area (Å²) in [5.74, 6) is -0.296. The first-order chi connectivity index (χ1) is 9.22. The molecule has 1 amide bonds. The fourth-order valence-corrected chi connectivity index (χ4v) is 2.45. The van der Waals surface area contributed by atoms with Crippen LogP contribution in [0.3, 0.4) is 0 Å². The Kier molecular flexibility index (Phi) is 5.66. The first-order valence-corrected chi connectivity index (χ1v) is 7.63. The number of carbonyl (C=O) groups is 1. The Bertz CT molecular complexity index is 553. The summed E-state index contributed by atoms with van der Waals surface area (Å²) in [7, 11) is -2.17. The number of carbonyl (C=O) groups excluding carboxylic acids is 1. The Balaban J connectivity index is 2.56. The van der Waals surface area contributed by atoms with E-state index < -0.39 is 22.0 Å². The number of hydroxylamine groups is 1. The van der Waals surface area contributed by atoms with E-state index >= 15 is 0 Å². The van der Waals surface area contributed by atoms with Crippen molar-refractivity contribution in [1.29, 1.82) is 0 Å². The molecule has 0 saturated heterocycles. The first kappa shape index (κ1) is 16.6. The minimum Gasteiger partial charge on any atom is -0.274 e. The highest BCUT2D eigenvalue weighted by Crippen LogP contribution is 2.06. The van der Waals surface area contributed by atoms with Gasteiger partial charge in [-0.2, -0.15) is 9.82 Å². The van der Waals surface area contributed by atoms with Crippen molar-refractivity contribution in [2.45, 2.75) is 31.7 Å². The molecule has 0 spiro atoms. The van der Waals surface area contributed by atoms with Gasteiger partial charge in [-0.3, -0.25) is 14.3 Å². The van der Waals surface area contributed by atoms with Gasteiger partial charge in [0, 0.05) is 13.2 Å². The van der Waals surface area contributed by atoms with E-state index in [1.807, 2.05) is 13.8 Å². The molecule has 1 aromatic rings. The smallest absolute Gasteiger partial charge is 0.261 e. The number of sulfonamides is 1. The molecule has 1 rings (SSSR count). The summed E-state index contributed by atoms with van der Waals surface area (Å²) >= 11 is 0. The van der Waals surface area contributed by atoms with Crippen LogP contribution in [0.4, 0.5) is 0 Å². The van der Waals surface area contributed by atoms with E-state index in [2.05, 4.69) is 15.3 Å². The Labute approximate surface area is 118 Å². The highest BCUT2D eigenvalue weighted by molar-refractivity contribution is 7.89. The summed E-state index contributed by atoms with van der Waals surface area (Å²) in [5, 5.41) is 3.78. The molecular weight excluding hydrogens is 284 g/mol. The largest absolute Gasteiger partial charge is 0.274 e. The van der Waals surface area contributed by atoms with Crippen LogP contribution in [0, 0.1) is 5.92 Å². The molecule has 20 heavy (non-hydrogen) atoms. The number of nitrogens with one attached hydrogen (secondary N) is 2. The van der Waals surface area contributed by atoms with Crippen LogP contribution in [0.2, 0.25) is 0 Å². The van der Waals surface area contributed by atoms with Gasteiger partial charge in [0.25, 0.3) is 5.91 Å². The minimum absolute atomic E-state index is 0.00255. The average Bonchev–Trinajstić information content (AvgIpc) is 2.75. The van der Waals surface area contributed by atoms with E-state index in [4.69, 9.17) is 4.84 Å². The van der Waals surface area contributed by atoms with E-state index in [-0.39, 0.29) is 10.8 Å². The van der Waals surface area contributed by atoms with Crippen LogP contribution < -0.4 is 10.2 Å². The van der Waals surface area contributed by atoms with Gasteiger partial charge in [-0.15, -0.1) is 0 Å². The van der Waals surface area contributed by atoms with Crippen molar-refractivity contribution in [1.82, 2.24) is 20.0 Å². The van der Waals surface area contributed by atoms with Crippen molar-refractivity contribution >= 4 is 15.9 Å². The highest BCUT2D eigenvalue weighted by Gasteiger charge is 2.23. The second-order valence-corrected chi connectivity index (χ2v) is 6.58. The lowest BCUT2D eigenvalue weighted by molar-refractivity contribution is -0.135. The molecule has 1 atom stereocenters. The van der Waals surface area contributed by atoms with Gasteiger partial charge in [0.2, 0.25) is 10.0 Å². The van der Waals surface area contributed by atoms with Crippen LogP contribution >= 0.6 is 0 Å². The fourth-order valence-electron chi connectivity index (χ4n) is 1.26. The van der Waals surface area contributed by atoms with Gasteiger partial charge in [-0.1, -0.05) is 13.8 Å². The number of hydrogen-bond donors (Lipinski definition) is 2. The molecule has 0 bridgehead atoms. The molecule has 0 aliphatic rings. The lowest BCUT2D eigenvalue weighted by Crippen LogP contribution is -2.44. The third kappa shape index (κ3) is 4.91. The van der Waals surface area contributed by atoms with E-state index in [1.54, 1.807) is 7.05 Å². The van der Waals surface area contributed by atoms with E-state index in [1.165, 1.54) is 24.0 Å². The zero-order chi connectivity index (χ0) is 15.3. The van der Waals surface area contributed by atoms with Crippen molar-refractivity contribution in [2.75, 3.05) is 6.61 Å². The highest BCUT2D eigenvalue weighted by atomic mass is 32.2. The maximum atomic E-state index is 12.0. The minimum atomic E-state index is -3.77. The predicted molar refractivity (Wildman–Crippen MR) is 71.9 cm³/mol. The van der Waals surface area contributed by atoms with Gasteiger partial charge in [0.1, 0.15) is 10.9 Å². The quantitative estimate of drug-likeness (QED) is 0.679. The maximum absolute atomic E-state index is 12.0. The van der Waals surface area contributed by atoms with E-state index in [9.17, 15) is 13.2 Å². The van der Waals surface area contributed by atoms with Crippen LogP contribution in [0.15, 0.2) is 17.3 Å². The SMILES string of the molecule is CC(C)CONC(=O)C(C)NS(=O)(=O)c1cnn(C)c1. The van der Waals surface area contributed by atoms with Gasteiger partial charge in [0.15, 0.2) is 0 Å². The fraction of sp³-hybridized carbons (Fsp3) is 0.636. The third-order valence-corrected chi connectivity index (χ3v) is 3.80. The summed E-state index contributed by atoms with van der Waals surface area (Å²) in [4.78, 5) is 16.6. The summed E-state index contributed by atoms with van der Waals surface area (Å²) in [6.07, 6.45) is 2.56. The molecule has 0 aliphatic heterocycles. The number of hydrogen-bond acceptors (Lipinski definition) is 5. The molecule has 1 unspecified atom stereocenters. The molecule has 2 N–H and O–H groups in total. The van der Waals surface area contributed by atoms with E-state index in [0.29, 0.717) is 6.61 Å². The Morgan fingerprint density at radius 3 is 2.60 bits per heavy atom. The standard InChI is InChI=1S/C11H20N4O4S/c1-8(2)7-19-13-11(16)9(3)14-20(17,18)10-5-12-15(4)6-10/h5-6,8-9,14H,7H2,1-4H3,(H,13,16). The average molecular weight is 304 g/mol. The van der Waals surface area contributed by atoms with Crippen molar-refractivity contribution in [3.05, 3.63) is 12.4 Å². The summed E-state index contributed by atoms with van der Waals surface area (Å²) in [5.41, 5.74) is 2.21. The van der Waals surface area contributed by atoms with Gasteiger partial charge in [0.05, 0.1) is 12.8 Å². The molecule has 0 radical (unpaired) electrons. The number of aryl methyl sites for hydroxylation is 1. The summed E-state index contributed by atoms with van der Waals surface area (Å²) in [6, 6.07) is -0.952. The molecule has 0 saturated carbocycles. The Hall–Kier alpha value is -1.45. The van der Waals surface area contributed by atoms with Crippen molar-refractivity contribution in [3.8, 4) is 0 Å². The monoisotopic (exact) mass is 304 g/mol. The van der Waals surface area contributed by atoms with Crippen molar-refractivity contribution in [3.63, 3.8) is 0 Å². The zero-order valence-electron chi connectivity index (χ0n) is 12.0. The first-order valence-electron chi connectivity index (χ1n) is 6.15. The van der Waals surface area contributed by atoms with Gasteiger partial charge < -0.3 is 0 Å². The lowest BCUT2D eigenvalue weighted by atomic mass is 10.2. The maximum Gasteiger partial charge on any atom is 0.261 e. The van der Waals surface area contributed by atoms with Crippen LogP contribution in [0.5, 0.6) is 0 Å². The third-order valence-electron chi connectivity index (χ3n) is 2.31. The Morgan fingerprint density at radius 1 is 1.45 bits per heavy atom. The van der Waals surface area contributed by atoms with Crippen LogP contribution in [0.1, 0.15) is 20.8 Å². The summed E-state index contributed by atoms with van der Waals surface area (Å²) in [6.45, 7) is 5.65. The van der Waals surface area contributed by atoms with Gasteiger partial charge in [-0.25, -0.2) is 13.9 Å². The number of nitrogens with zero attached hydrogens (tertiary/aromatic N) is 2.